The van der Waals surface area contributed by atoms with Gasteiger partial charge in [0.1, 0.15) is 0 Å². The van der Waals surface area contributed by atoms with Crippen LogP contribution in [0.25, 0.3) is 42.8 Å². The molecule has 3 nitrogen and oxygen atoms in total. The Morgan fingerprint density at radius 3 is 1.89 bits per heavy atom. The fourth-order valence-electron chi connectivity index (χ4n) is 4.01. The van der Waals surface area contributed by atoms with E-state index in [0.29, 0.717) is 0 Å². The minimum Gasteiger partial charge on any atom is -0.267 e. The third kappa shape index (κ3) is 2.06. The van der Waals surface area contributed by atoms with Crippen molar-refractivity contribution in [3.8, 4) is 21.0 Å². The first-order valence-electron chi connectivity index (χ1n) is 8.99. The van der Waals surface area contributed by atoms with Crippen LogP contribution in [0.1, 0.15) is 0 Å². The van der Waals surface area contributed by atoms with Gasteiger partial charge in [-0.25, -0.2) is 9.03 Å². The van der Waals surface area contributed by atoms with E-state index in [0.717, 1.165) is 37.9 Å². The second-order valence-electron chi connectivity index (χ2n) is 6.64. The minimum atomic E-state index is 0.0163. The van der Waals surface area contributed by atoms with Crippen LogP contribution in [0.2, 0.25) is 0 Å². The number of nitrogens with zero attached hydrogens (tertiary/aromatic N) is 2. The maximum atomic E-state index is 13.5. The molecule has 0 amide bonds. The quantitative estimate of drug-likeness (QED) is 0.343. The van der Waals surface area contributed by atoms with Crippen LogP contribution in [0.3, 0.4) is 0 Å². The zero-order valence-corrected chi connectivity index (χ0v) is 16.3. The van der Waals surface area contributed by atoms with Crippen molar-refractivity contribution in [3.05, 3.63) is 93.9 Å². The highest BCUT2D eigenvalue weighted by Crippen LogP contribution is 2.41. The summed E-state index contributed by atoms with van der Waals surface area (Å²) in [4.78, 5) is 15.8. The molecule has 4 heterocycles. The average molecular weight is 399 g/mol. The summed E-state index contributed by atoms with van der Waals surface area (Å²) in [5.74, 6) is 0. The molecule has 0 N–H and O–H groups in total. The fourth-order valence-corrected chi connectivity index (χ4v) is 5.55. The van der Waals surface area contributed by atoms with Crippen molar-refractivity contribution in [2.75, 3.05) is 0 Å². The molecule has 0 saturated carbocycles. The lowest BCUT2D eigenvalue weighted by atomic mass is 10.0. The van der Waals surface area contributed by atoms with Gasteiger partial charge in [0.2, 0.25) is 0 Å². The first kappa shape index (κ1) is 15.9. The van der Waals surface area contributed by atoms with E-state index in [-0.39, 0.29) is 5.56 Å². The van der Waals surface area contributed by atoms with E-state index in [1.807, 2.05) is 40.9 Å². The van der Waals surface area contributed by atoms with Gasteiger partial charge in [-0.3, -0.25) is 4.79 Å². The van der Waals surface area contributed by atoms with Gasteiger partial charge in [-0.05, 0) is 41.1 Å². The van der Waals surface area contributed by atoms with Crippen molar-refractivity contribution in [1.29, 1.82) is 0 Å². The van der Waals surface area contributed by atoms with E-state index in [9.17, 15) is 4.79 Å². The molecule has 28 heavy (non-hydrogen) atoms. The van der Waals surface area contributed by atoms with Crippen LogP contribution in [0.5, 0.6) is 0 Å². The number of thiophene rings is 2. The predicted molar refractivity (Wildman–Crippen MR) is 119 cm³/mol. The van der Waals surface area contributed by atoms with Gasteiger partial charge in [0.15, 0.2) is 0 Å². The summed E-state index contributed by atoms with van der Waals surface area (Å²) in [5.41, 5.74) is 4.05. The van der Waals surface area contributed by atoms with Crippen LogP contribution in [0.4, 0.5) is 0 Å². The van der Waals surface area contributed by atoms with E-state index in [1.165, 1.54) is 4.88 Å². The van der Waals surface area contributed by atoms with Gasteiger partial charge in [-0.15, -0.1) is 22.7 Å². The van der Waals surface area contributed by atoms with Crippen molar-refractivity contribution in [1.82, 2.24) is 9.03 Å². The maximum absolute atomic E-state index is 13.5. The Morgan fingerprint density at radius 2 is 1.21 bits per heavy atom. The van der Waals surface area contributed by atoms with Crippen LogP contribution >= 0.6 is 22.7 Å². The molecule has 0 saturated heterocycles. The molecule has 6 aromatic rings. The molecular weight excluding hydrogens is 384 g/mol. The summed E-state index contributed by atoms with van der Waals surface area (Å²) >= 11 is 3.36. The molecule has 5 heteroatoms. The monoisotopic (exact) mass is 398 g/mol. The summed E-state index contributed by atoms with van der Waals surface area (Å²) in [7, 11) is 0. The second-order valence-corrected chi connectivity index (χ2v) is 8.54. The number of hydrogen-bond acceptors (Lipinski definition) is 3. The summed E-state index contributed by atoms with van der Waals surface area (Å²) in [5, 5.41) is 6.03. The third-order valence-corrected chi connectivity index (χ3v) is 6.89. The van der Waals surface area contributed by atoms with Crippen LogP contribution in [0.15, 0.2) is 88.4 Å². The van der Waals surface area contributed by atoms with Gasteiger partial charge >= 0.3 is 0 Å². The molecule has 0 fully saturated rings. The van der Waals surface area contributed by atoms with Crippen LogP contribution in [-0.4, -0.2) is 9.03 Å². The Bertz CT molecular complexity index is 1520. The molecule has 0 aliphatic carbocycles. The number of hydrogen-bond donors (Lipinski definition) is 0. The van der Waals surface area contributed by atoms with Crippen molar-refractivity contribution < 1.29 is 0 Å². The van der Waals surface area contributed by atoms with E-state index >= 15 is 0 Å². The smallest absolute Gasteiger partial charge is 0.267 e. The molecule has 4 aromatic heterocycles. The SMILES string of the molecule is O=c1c2ccccc2n2c3ccccc3c(-c3cccs3)c(-c3cccs3)n12. The van der Waals surface area contributed by atoms with Gasteiger partial charge < -0.3 is 0 Å². The zero-order valence-electron chi connectivity index (χ0n) is 14.7. The Labute approximate surface area is 168 Å². The molecular formula is C23H14N2OS2. The Hall–Kier alpha value is -3.15. The number of para-hydroxylation sites is 2. The summed E-state index contributed by atoms with van der Waals surface area (Å²) in [6.45, 7) is 0. The van der Waals surface area contributed by atoms with E-state index in [1.54, 1.807) is 22.7 Å². The topological polar surface area (TPSA) is 25.9 Å². The standard InChI is InChI=1S/C23H14N2OS2/c26-23-16-8-2-4-10-18(16)24-17-9-3-1-7-15(17)21(19-11-5-13-27-19)22(25(23)24)20-12-6-14-28-20/h1-14H. The molecule has 6 rings (SSSR count). The van der Waals surface area contributed by atoms with Gasteiger partial charge in [0, 0.05) is 15.8 Å². The highest BCUT2D eigenvalue weighted by atomic mass is 32.1. The molecule has 0 radical (unpaired) electrons. The van der Waals surface area contributed by atoms with Crippen LogP contribution in [0, 0.1) is 0 Å². The number of rotatable bonds is 2. The van der Waals surface area contributed by atoms with Gasteiger partial charge in [0.05, 0.1) is 27.0 Å². The Balaban J connectivity index is 2.01. The van der Waals surface area contributed by atoms with Crippen molar-refractivity contribution in [2.45, 2.75) is 0 Å². The molecule has 0 unspecified atom stereocenters. The second kappa shape index (κ2) is 5.92. The first-order chi connectivity index (χ1) is 13.8. The molecule has 0 bridgehead atoms. The lowest BCUT2D eigenvalue weighted by molar-refractivity contribution is 0.854. The van der Waals surface area contributed by atoms with Gasteiger partial charge in [0.25, 0.3) is 5.56 Å². The van der Waals surface area contributed by atoms with Crippen LogP contribution < -0.4 is 5.56 Å². The summed E-state index contributed by atoms with van der Waals surface area (Å²) in [6.07, 6.45) is 0. The number of aromatic nitrogens is 2. The number of fused-ring (bicyclic) bond motifs is 5. The van der Waals surface area contributed by atoms with Crippen molar-refractivity contribution >= 4 is 44.5 Å². The normalized spacial score (nSPS) is 11.7. The highest BCUT2D eigenvalue weighted by Gasteiger charge is 2.22. The molecule has 0 atom stereocenters. The van der Waals surface area contributed by atoms with E-state index in [4.69, 9.17) is 0 Å². The molecule has 0 aliphatic heterocycles. The first-order valence-corrected chi connectivity index (χ1v) is 10.8. The summed E-state index contributed by atoms with van der Waals surface area (Å²) in [6, 6.07) is 24.5. The highest BCUT2D eigenvalue weighted by molar-refractivity contribution is 7.14. The lowest BCUT2D eigenvalue weighted by Gasteiger charge is -2.16. The predicted octanol–water partition coefficient (Wildman–Crippen LogP) is 6.16. The number of benzene rings is 2. The van der Waals surface area contributed by atoms with E-state index < -0.39 is 0 Å². The minimum absolute atomic E-state index is 0.0163. The summed E-state index contributed by atoms with van der Waals surface area (Å²) < 4.78 is 3.92. The fraction of sp³-hybridized carbons (Fsp3) is 0. The maximum Gasteiger partial charge on any atom is 0.279 e. The largest absolute Gasteiger partial charge is 0.279 e. The van der Waals surface area contributed by atoms with Gasteiger partial charge in [-0.2, -0.15) is 0 Å². The zero-order chi connectivity index (χ0) is 18.7. The Kier molecular flexibility index (Phi) is 3.36. The lowest BCUT2D eigenvalue weighted by Crippen LogP contribution is -2.15. The van der Waals surface area contributed by atoms with Gasteiger partial charge in [-0.1, -0.05) is 42.5 Å². The molecule has 2 aromatic carbocycles. The van der Waals surface area contributed by atoms with Crippen LogP contribution in [-0.2, 0) is 0 Å². The molecule has 0 aliphatic rings. The van der Waals surface area contributed by atoms with E-state index in [2.05, 4.69) is 51.7 Å². The third-order valence-electron chi connectivity index (χ3n) is 5.13. The molecule has 134 valence electrons. The van der Waals surface area contributed by atoms with Crippen molar-refractivity contribution in [2.24, 2.45) is 0 Å². The molecule has 0 spiro atoms. The average Bonchev–Trinajstić information content (AvgIpc) is 3.49. The van der Waals surface area contributed by atoms with Crippen molar-refractivity contribution in [3.63, 3.8) is 0 Å². The Morgan fingerprint density at radius 1 is 0.607 bits per heavy atom.